The summed E-state index contributed by atoms with van der Waals surface area (Å²) in [4.78, 5) is 20.8. The summed E-state index contributed by atoms with van der Waals surface area (Å²) in [5.41, 5.74) is 4.10. The SMILES string of the molecule is CCN1CCN(c2cccc3c2CN([C@H](CCCNc2cccc[n+]2O)c2ccc(OC)c(OC)c2)C3=O)CC1. The first-order chi connectivity index (χ1) is 19.5. The second-order valence-electron chi connectivity index (χ2n) is 10.3. The van der Waals surface area contributed by atoms with Gasteiger partial charge in [0.25, 0.3) is 5.91 Å². The van der Waals surface area contributed by atoms with Gasteiger partial charge in [0, 0.05) is 55.6 Å². The summed E-state index contributed by atoms with van der Waals surface area (Å²) >= 11 is 0. The normalized spacial score (nSPS) is 16.1. The number of rotatable bonds is 11. The quantitative estimate of drug-likeness (QED) is 0.214. The molecule has 0 bridgehead atoms. The lowest BCUT2D eigenvalue weighted by Crippen LogP contribution is -2.46. The van der Waals surface area contributed by atoms with E-state index in [9.17, 15) is 10.0 Å². The highest BCUT2D eigenvalue weighted by Gasteiger charge is 2.36. The lowest BCUT2D eigenvalue weighted by molar-refractivity contribution is -0.893. The molecule has 3 aromatic rings. The first-order valence-electron chi connectivity index (χ1n) is 14.1. The van der Waals surface area contributed by atoms with Crippen molar-refractivity contribution in [2.75, 3.05) is 63.7 Å². The fourth-order valence-electron chi connectivity index (χ4n) is 5.84. The van der Waals surface area contributed by atoms with E-state index in [2.05, 4.69) is 28.1 Å². The fourth-order valence-corrected chi connectivity index (χ4v) is 5.84. The number of pyridine rings is 1. The van der Waals surface area contributed by atoms with E-state index in [0.717, 1.165) is 67.0 Å². The Balaban J connectivity index is 1.39. The van der Waals surface area contributed by atoms with E-state index in [0.29, 0.717) is 30.4 Å². The molecule has 1 fully saturated rings. The molecule has 0 spiro atoms. The third kappa shape index (κ3) is 5.65. The van der Waals surface area contributed by atoms with Gasteiger partial charge in [0.2, 0.25) is 0 Å². The number of methoxy groups -OCH3 is 2. The maximum atomic E-state index is 13.9. The number of ether oxygens (including phenoxy) is 2. The molecule has 212 valence electrons. The number of nitrogens with zero attached hydrogens (tertiary/aromatic N) is 4. The highest BCUT2D eigenvalue weighted by Crippen LogP contribution is 2.40. The Morgan fingerprint density at radius 3 is 2.52 bits per heavy atom. The van der Waals surface area contributed by atoms with Crippen molar-refractivity contribution in [3.05, 3.63) is 77.5 Å². The first kappa shape index (κ1) is 27.6. The van der Waals surface area contributed by atoms with E-state index in [1.54, 1.807) is 26.5 Å². The summed E-state index contributed by atoms with van der Waals surface area (Å²) in [7, 11) is 3.26. The van der Waals surface area contributed by atoms with Crippen LogP contribution in [0.3, 0.4) is 0 Å². The second-order valence-corrected chi connectivity index (χ2v) is 10.3. The van der Waals surface area contributed by atoms with Gasteiger partial charge < -0.3 is 29.4 Å². The Labute approximate surface area is 236 Å². The highest BCUT2D eigenvalue weighted by molar-refractivity contribution is 6.00. The number of nitrogens with one attached hydrogen (secondary N) is 1. The van der Waals surface area contributed by atoms with Crippen molar-refractivity contribution in [1.82, 2.24) is 9.80 Å². The van der Waals surface area contributed by atoms with Gasteiger partial charge in [-0.15, -0.1) is 0 Å². The third-order valence-electron chi connectivity index (χ3n) is 8.10. The number of hydrogen-bond donors (Lipinski definition) is 2. The number of amides is 1. The van der Waals surface area contributed by atoms with Crippen molar-refractivity contribution in [2.24, 2.45) is 0 Å². The van der Waals surface area contributed by atoms with E-state index in [1.165, 1.54) is 5.69 Å². The van der Waals surface area contributed by atoms with Crippen molar-refractivity contribution in [1.29, 1.82) is 0 Å². The van der Waals surface area contributed by atoms with Crippen LogP contribution in [0.25, 0.3) is 0 Å². The first-order valence-corrected chi connectivity index (χ1v) is 14.1. The van der Waals surface area contributed by atoms with Gasteiger partial charge in [-0.25, -0.2) is 0 Å². The minimum absolute atomic E-state index is 0.0630. The number of carbonyl (C=O) groups excluding carboxylic acids is 1. The van der Waals surface area contributed by atoms with Crippen molar-refractivity contribution < 1.29 is 24.2 Å². The molecule has 9 nitrogen and oxygen atoms in total. The topological polar surface area (TPSA) is 81.4 Å². The van der Waals surface area contributed by atoms with Crippen molar-refractivity contribution in [3.63, 3.8) is 0 Å². The van der Waals surface area contributed by atoms with Crippen LogP contribution in [0.2, 0.25) is 0 Å². The van der Waals surface area contributed by atoms with Crippen molar-refractivity contribution >= 4 is 17.4 Å². The minimum Gasteiger partial charge on any atom is -0.493 e. The van der Waals surface area contributed by atoms with Crippen LogP contribution >= 0.6 is 0 Å². The fraction of sp³-hybridized carbons (Fsp3) is 0.419. The number of hydrogen-bond acceptors (Lipinski definition) is 7. The maximum absolute atomic E-state index is 13.9. The Morgan fingerprint density at radius 1 is 1.00 bits per heavy atom. The Bertz CT molecular complexity index is 1320. The molecule has 5 rings (SSSR count). The van der Waals surface area contributed by atoms with Gasteiger partial charge in [0.05, 0.1) is 26.8 Å². The molecule has 2 N–H and O–H groups in total. The third-order valence-corrected chi connectivity index (χ3v) is 8.10. The zero-order valence-corrected chi connectivity index (χ0v) is 23.7. The molecule has 1 amide bonds. The average Bonchev–Trinajstić information content (AvgIpc) is 3.33. The zero-order chi connectivity index (χ0) is 28.1. The van der Waals surface area contributed by atoms with Crippen LogP contribution in [-0.2, 0) is 6.54 Å². The summed E-state index contributed by atoms with van der Waals surface area (Å²) in [6.45, 7) is 8.50. The largest absolute Gasteiger partial charge is 0.493 e. The summed E-state index contributed by atoms with van der Waals surface area (Å²) < 4.78 is 12.2. The van der Waals surface area contributed by atoms with Gasteiger partial charge >= 0.3 is 5.82 Å². The molecule has 2 aliphatic rings. The molecule has 0 saturated carbocycles. The summed E-state index contributed by atoms with van der Waals surface area (Å²) in [5, 5.41) is 13.3. The van der Waals surface area contributed by atoms with Crippen LogP contribution in [0.5, 0.6) is 11.5 Å². The molecule has 0 radical (unpaired) electrons. The average molecular weight is 547 g/mol. The molecule has 0 aliphatic carbocycles. The zero-order valence-electron chi connectivity index (χ0n) is 23.7. The Hall–Kier alpha value is -3.98. The maximum Gasteiger partial charge on any atom is 0.313 e. The number of fused-ring (bicyclic) bond motifs is 1. The molecule has 9 heteroatoms. The van der Waals surface area contributed by atoms with Gasteiger partial charge in [0.1, 0.15) is 6.20 Å². The van der Waals surface area contributed by atoms with Crippen LogP contribution in [0.1, 0.15) is 47.3 Å². The number of aromatic nitrogens is 1. The molecule has 1 saturated heterocycles. The predicted octanol–water partition coefficient (Wildman–Crippen LogP) is 3.96. The van der Waals surface area contributed by atoms with Crippen molar-refractivity contribution in [3.8, 4) is 11.5 Å². The van der Waals surface area contributed by atoms with Crippen LogP contribution in [0.15, 0.2) is 60.8 Å². The molecule has 2 aliphatic heterocycles. The minimum atomic E-state index is -0.150. The van der Waals surface area contributed by atoms with E-state index >= 15 is 0 Å². The highest BCUT2D eigenvalue weighted by atomic mass is 16.5. The lowest BCUT2D eigenvalue weighted by atomic mass is 9.99. The number of likely N-dealkylation sites (N-methyl/N-ethyl adjacent to an activating group) is 1. The Morgan fingerprint density at radius 2 is 1.80 bits per heavy atom. The number of anilines is 2. The molecular formula is C31H40N5O4+. The molecule has 1 atom stereocenters. The molecule has 3 heterocycles. The van der Waals surface area contributed by atoms with Gasteiger partial charge in [0.15, 0.2) is 11.5 Å². The lowest BCUT2D eigenvalue weighted by Gasteiger charge is -2.36. The molecule has 2 aromatic carbocycles. The second kappa shape index (κ2) is 12.5. The van der Waals surface area contributed by atoms with Crippen molar-refractivity contribution in [2.45, 2.75) is 32.4 Å². The van der Waals surface area contributed by atoms with Crippen LogP contribution in [-0.4, -0.2) is 74.4 Å². The van der Waals surface area contributed by atoms with Gasteiger partial charge in [-0.2, -0.15) is 0 Å². The predicted molar refractivity (Wildman–Crippen MR) is 154 cm³/mol. The van der Waals surface area contributed by atoms with E-state index in [4.69, 9.17) is 9.47 Å². The van der Waals surface area contributed by atoms with E-state index < -0.39 is 0 Å². The molecule has 1 aromatic heterocycles. The summed E-state index contributed by atoms with van der Waals surface area (Å²) in [6, 6.07) is 17.4. The number of benzene rings is 2. The number of piperazine rings is 1. The van der Waals surface area contributed by atoms with Crippen LogP contribution < -0.4 is 24.4 Å². The van der Waals surface area contributed by atoms with Crippen LogP contribution in [0.4, 0.5) is 11.5 Å². The molecular weight excluding hydrogens is 506 g/mol. The monoisotopic (exact) mass is 546 g/mol. The smallest absolute Gasteiger partial charge is 0.313 e. The van der Waals surface area contributed by atoms with Gasteiger partial charge in [-0.05, 0) is 55.3 Å². The molecule has 40 heavy (non-hydrogen) atoms. The standard InChI is InChI=1S/C31H39N5O4/c1-4-33-17-19-34(20-18-33)27-10-7-9-24-25(27)22-35(31(24)37)26(23-13-14-28(39-2)29(21-23)40-3)11-8-15-32-30-12-5-6-16-36(30)38/h5-7,9-10,12-14,16,21,26,38H,4,8,11,15,17-20,22H2,1-3H3/p+1/t26-/m1/s1. The van der Waals surface area contributed by atoms with E-state index in [1.807, 2.05) is 47.4 Å². The molecule has 0 unspecified atom stereocenters. The van der Waals surface area contributed by atoms with Crippen LogP contribution in [0, 0.1) is 0 Å². The van der Waals surface area contributed by atoms with Gasteiger partial charge in [-0.3, -0.25) is 10.1 Å². The Kier molecular flexibility index (Phi) is 8.60. The van der Waals surface area contributed by atoms with Gasteiger partial charge in [-0.1, -0.05) is 29.9 Å². The van der Waals surface area contributed by atoms with E-state index in [-0.39, 0.29) is 11.9 Å². The number of carbonyl (C=O) groups is 1. The summed E-state index contributed by atoms with van der Waals surface area (Å²) in [6.07, 6.45) is 3.12. The summed E-state index contributed by atoms with van der Waals surface area (Å²) in [5.74, 6) is 2.00.